The third-order valence-electron chi connectivity index (χ3n) is 2.57. The Morgan fingerprint density at radius 1 is 0.941 bits per heavy atom. The van der Waals surface area contributed by atoms with Crippen LogP contribution in [0.2, 0.25) is 0 Å². The fraction of sp³-hybridized carbons (Fsp3) is 0.917. The fourth-order valence-electron chi connectivity index (χ4n) is 1.41. The molecule has 0 heterocycles. The van der Waals surface area contributed by atoms with Crippen molar-refractivity contribution in [2.75, 3.05) is 47.3 Å². The maximum absolute atomic E-state index is 4.27. The second kappa shape index (κ2) is 14.6. The Bertz CT molecular complexity index is 134. The van der Waals surface area contributed by atoms with Crippen LogP contribution in [0.1, 0.15) is 13.8 Å². The second-order valence-electron chi connectivity index (χ2n) is 4.01. The minimum Gasteiger partial charge on any atom is -0.664 e. The van der Waals surface area contributed by atoms with Crippen molar-refractivity contribution < 1.29 is 21.7 Å². The summed E-state index contributed by atoms with van der Waals surface area (Å²) in [6.07, 6.45) is 0. The van der Waals surface area contributed by atoms with Crippen LogP contribution in [0.3, 0.4) is 0 Å². The van der Waals surface area contributed by atoms with Gasteiger partial charge in [0, 0.05) is 0 Å². The van der Waals surface area contributed by atoms with Crippen molar-refractivity contribution >= 4 is 0 Å². The minimum absolute atomic E-state index is 0. The molecule has 5 heteroatoms. The molecule has 0 saturated heterocycles. The number of likely N-dealkylation sites (N-methyl/N-ethyl adjacent to an activating group) is 3. The summed E-state index contributed by atoms with van der Waals surface area (Å²) < 4.78 is 0. The molecule has 0 bridgehead atoms. The van der Waals surface area contributed by atoms with E-state index in [4.69, 9.17) is 0 Å². The molecule has 0 aliphatic rings. The largest absolute Gasteiger partial charge is 4.00 e. The van der Waals surface area contributed by atoms with Gasteiger partial charge in [0.2, 0.25) is 0 Å². The predicted molar refractivity (Wildman–Crippen MR) is 74.5 cm³/mol. The molecule has 2 atom stereocenters. The number of hydrogen-bond acceptors (Lipinski definition) is 1. The first-order valence-corrected chi connectivity index (χ1v) is 5.59. The first-order chi connectivity index (χ1) is 7.13. The van der Waals surface area contributed by atoms with Crippen molar-refractivity contribution in [1.29, 1.82) is 0 Å². The van der Waals surface area contributed by atoms with E-state index in [1.54, 1.807) is 0 Å². The molecule has 0 spiro atoms. The smallest absolute Gasteiger partial charge is 0.664 e. The van der Waals surface area contributed by atoms with Gasteiger partial charge >= 0.3 is 21.7 Å². The van der Waals surface area contributed by atoms with Crippen molar-refractivity contribution in [3.05, 3.63) is 23.4 Å². The molecular formula is C12H28N4Ti. The molecule has 0 radical (unpaired) electrons. The molecule has 2 unspecified atom stereocenters. The van der Waals surface area contributed by atoms with Gasteiger partial charge in [-0.25, -0.2) is 0 Å². The minimum atomic E-state index is 0. The summed E-state index contributed by atoms with van der Waals surface area (Å²) in [5.74, 6) is 0. The normalized spacial score (nSPS) is 13.8. The summed E-state index contributed by atoms with van der Waals surface area (Å²) in [6.45, 7) is 8.20. The van der Waals surface area contributed by atoms with Crippen molar-refractivity contribution in [2.45, 2.75) is 25.9 Å². The van der Waals surface area contributed by atoms with E-state index in [0.29, 0.717) is 12.1 Å². The first kappa shape index (κ1) is 22.7. The Labute approximate surface area is 123 Å². The van der Waals surface area contributed by atoms with Crippen molar-refractivity contribution in [1.82, 2.24) is 4.90 Å². The molecule has 0 fully saturated rings. The summed E-state index contributed by atoms with van der Waals surface area (Å²) >= 11 is 0. The van der Waals surface area contributed by atoms with Crippen LogP contribution in [0, 0.1) is 7.43 Å². The molecule has 0 aliphatic heterocycles. The number of hydrogen-bond donors (Lipinski definition) is 0. The molecular weight excluding hydrogens is 248 g/mol. The van der Waals surface area contributed by atoms with E-state index in [-0.39, 0.29) is 29.1 Å². The SMILES string of the molecule is C[N-]CCN(CC(C)[N-]C)CC(C)[N-]C.[CH3-].[Ti+4]. The van der Waals surface area contributed by atoms with E-state index in [0.717, 1.165) is 26.2 Å². The van der Waals surface area contributed by atoms with Crippen LogP contribution in [0.4, 0.5) is 0 Å². The predicted octanol–water partition coefficient (Wildman–Crippen LogP) is 2.52. The Morgan fingerprint density at radius 3 is 1.65 bits per heavy atom. The number of nitrogens with zero attached hydrogens (tertiary/aromatic N) is 4. The third-order valence-corrected chi connectivity index (χ3v) is 2.57. The van der Waals surface area contributed by atoms with E-state index >= 15 is 0 Å². The van der Waals surface area contributed by atoms with Gasteiger partial charge in [-0.1, -0.05) is 13.8 Å². The molecule has 17 heavy (non-hydrogen) atoms. The molecule has 4 nitrogen and oxygen atoms in total. The van der Waals surface area contributed by atoms with Crippen LogP contribution in [-0.2, 0) is 21.7 Å². The van der Waals surface area contributed by atoms with E-state index in [9.17, 15) is 0 Å². The summed E-state index contributed by atoms with van der Waals surface area (Å²) in [7, 11) is 5.61. The molecule has 0 saturated carbocycles. The molecule has 100 valence electrons. The van der Waals surface area contributed by atoms with Crippen LogP contribution in [-0.4, -0.2) is 64.3 Å². The maximum atomic E-state index is 4.27. The zero-order valence-corrected chi connectivity index (χ0v) is 13.8. The quantitative estimate of drug-likeness (QED) is 0.471. The average molecular weight is 276 g/mol. The monoisotopic (exact) mass is 276 g/mol. The van der Waals surface area contributed by atoms with Gasteiger partial charge in [0.05, 0.1) is 0 Å². The van der Waals surface area contributed by atoms with E-state index in [2.05, 4.69) is 34.7 Å². The standard InChI is InChI=1S/C11H25N4.CH3.Ti/c1-10(13-4)8-15(7-6-12-3)9-11(2)14-5;;/h10-11H,6-9H2,1-5H3;1H3;/q-3;-1;+4. The molecule has 0 aliphatic carbocycles. The Balaban J connectivity index is -0.000000980. The van der Waals surface area contributed by atoms with Crippen LogP contribution < -0.4 is 0 Å². The third kappa shape index (κ3) is 12.8. The van der Waals surface area contributed by atoms with Gasteiger partial charge < -0.3 is 28.3 Å². The van der Waals surface area contributed by atoms with Crippen molar-refractivity contribution in [3.63, 3.8) is 0 Å². The van der Waals surface area contributed by atoms with Gasteiger partial charge in [-0.2, -0.15) is 21.1 Å². The summed E-state index contributed by atoms with van der Waals surface area (Å²) in [6, 6.07) is 0.789. The summed E-state index contributed by atoms with van der Waals surface area (Å²) in [5, 5.41) is 12.7. The molecule has 0 aromatic carbocycles. The van der Waals surface area contributed by atoms with E-state index < -0.39 is 0 Å². The summed E-state index contributed by atoms with van der Waals surface area (Å²) in [5.41, 5.74) is 0. The Kier molecular flexibility index (Phi) is 19.5. The summed E-state index contributed by atoms with van der Waals surface area (Å²) in [4.78, 5) is 2.39. The van der Waals surface area contributed by atoms with Crippen LogP contribution in [0.5, 0.6) is 0 Å². The molecule has 0 aromatic heterocycles. The van der Waals surface area contributed by atoms with Gasteiger partial charge in [0.25, 0.3) is 0 Å². The molecule has 0 amide bonds. The van der Waals surface area contributed by atoms with Crippen LogP contribution >= 0.6 is 0 Å². The number of rotatable bonds is 9. The van der Waals surface area contributed by atoms with E-state index in [1.165, 1.54) is 0 Å². The fourth-order valence-corrected chi connectivity index (χ4v) is 1.41. The van der Waals surface area contributed by atoms with Gasteiger partial charge in [0.1, 0.15) is 0 Å². The maximum Gasteiger partial charge on any atom is 4.00 e. The molecule has 0 aromatic rings. The first-order valence-electron chi connectivity index (χ1n) is 5.59. The Morgan fingerprint density at radius 2 is 1.35 bits per heavy atom. The van der Waals surface area contributed by atoms with Gasteiger partial charge in [-0.3, -0.25) is 0 Å². The second-order valence-corrected chi connectivity index (χ2v) is 4.01. The van der Waals surface area contributed by atoms with Crippen LogP contribution in [0.15, 0.2) is 0 Å². The molecule has 0 rings (SSSR count). The zero-order valence-electron chi connectivity index (χ0n) is 12.3. The van der Waals surface area contributed by atoms with Crippen molar-refractivity contribution in [3.8, 4) is 0 Å². The van der Waals surface area contributed by atoms with E-state index in [1.807, 2.05) is 21.1 Å². The zero-order chi connectivity index (χ0) is 11.7. The van der Waals surface area contributed by atoms with Crippen LogP contribution in [0.25, 0.3) is 16.0 Å². The van der Waals surface area contributed by atoms with Gasteiger partial charge in [-0.15, -0.1) is 18.6 Å². The van der Waals surface area contributed by atoms with Gasteiger partial charge in [-0.05, 0) is 19.6 Å². The topological polar surface area (TPSA) is 45.5 Å². The average Bonchev–Trinajstić information content (AvgIpc) is 2.25. The van der Waals surface area contributed by atoms with Gasteiger partial charge in [0.15, 0.2) is 0 Å². The van der Waals surface area contributed by atoms with Crippen molar-refractivity contribution in [2.24, 2.45) is 0 Å². The molecule has 0 N–H and O–H groups in total. The Hall–Kier alpha value is 0.554.